The van der Waals surface area contributed by atoms with Crippen LogP contribution in [-0.2, 0) is 4.84 Å². The van der Waals surface area contributed by atoms with Crippen molar-refractivity contribution >= 4 is 6.21 Å². The number of rotatable bonds is 2. The SMILES string of the molecule is COc1ccc([C@H]2C=[N+]([O-])OC(C)(C)C2)cc1. The molecule has 92 valence electrons. The van der Waals surface area contributed by atoms with Gasteiger partial charge in [-0.3, -0.25) is 5.21 Å². The van der Waals surface area contributed by atoms with E-state index in [2.05, 4.69) is 0 Å². The van der Waals surface area contributed by atoms with Gasteiger partial charge in [0.25, 0.3) is 0 Å². The number of nitrogens with zero attached hydrogens (tertiary/aromatic N) is 1. The summed E-state index contributed by atoms with van der Waals surface area (Å²) < 4.78 is 5.11. The topological polar surface area (TPSA) is 44.5 Å². The molecule has 0 radical (unpaired) electrons. The molecule has 0 unspecified atom stereocenters. The molecule has 0 bridgehead atoms. The van der Waals surface area contributed by atoms with Gasteiger partial charge >= 0.3 is 0 Å². The number of ether oxygens (including phenoxy) is 1. The van der Waals surface area contributed by atoms with Crippen molar-refractivity contribution in [2.75, 3.05) is 7.11 Å². The zero-order chi connectivity index (χ0) is 12.5. The Bertz CT molecular complexity index is 423. The first-order chi connectivity index (χ1) is 8.00. The van der Waals surface area contributed by atoms with Crippen LogP contribution in [0.3, 0.4) is 0 Å². The van der Waals surface area contributed by atoms with E-state index in [1.165, 1.54) is 0 Å². The van der Waals surface area contributed by atoms with Crippen LogP contribution in [0.5, 0.6) is 5.75 Å². The molecule has 0 N–H and O–H groups in total. The van der Waals surface area contributed by atoms with E-state index >= 15 is 0 Å². The lowest BCUT2D eigenvalue weighted by atomic mass is 9.88. The maximum atomic E-state index is 11.4. The Hall–Kier alpha value is -1.71. The molecule has 1 aromatic rings. The Kier molecular flexibility index (Phi) is 2.96. The number of benzene rings is 1. The third kappa shape index (κ3) is 2.70. The van der Waals surface area contributed by atoms with E-state index in [4.69, 9.17) is 9.57 Å². The number of methoxy groups -OCH3 is 1. The van der Waals surface area contributed by atoms with Crippen molar-refractivity contribution in [1.29, 1.82) is 0 Å². The average Bonchev–Trinajstić information content (AvgIpc) is 2.26. The van der Waals surface area contributed by atoms with Gasteiger partial charge in [0.2, 0.25) is 6.21 Å². The molecular weight excluding hydrogens is 218 g/mol. The highest BCUT2D eigenvalue weighted by molar-refractivity contribution is 5.64. The Morgan fingerprint density at radius 1 is 1.35 bits per heavy atom. The third-order valence-electron chi connectivity index (χ3n) is 2.89. The van der Waals surface area contributed by atoms with E-state index in [0.29, 0.717) is 4.90 Å². The average molecular weight is 235 g/mol. The summed E-state index contributed by atoms with van der Waals surface area (Å²) in [6.45, 7) is 3.84. The summed E-state index contributed by atoms with van der Waals surface area (Å²) in [7, 11) is 1.64. The third-order valence-corrected chi connectivity index (χ3v) is 2.89. The van der Waals surface area contributed by atoms with Crippen molar-refractivity contribution in [3.63, 3.8) is 0 Å². The lowest BCUT2D eigenvalue weighted by Gasteiger charge is -2.33. The summed E-state index contributed by atoms with van der Waals surface area (Å²) in [5, 5.41) is 11.4. The van der Waals surface area contributed by atoms with Gasteiger partial charge in [0.05, 0.1) is 18.6 Å². The maximum absolute atomic E-state index is 11.4. The summed E-state index contributed by atoms with van der Waals surface area (Å²) in [4.78, 5) is 5.74. The minimum absolute atomic E-state index is 0.0853. The lowest BCUT2D eigenvalue weighted by molar-refractivity contribution is -0.766. The van der Waals surface area contributed by atoms with Crippen LogP contribution in [-0.4, -0.2) is 23.8 Å². The van der Waals surface area contributed by atoms with Crippen LogP contribution in [0.1, 0.15) is 31.7 Å². The van der Waals surface area contributed by atoms with Crippen LogP contribution in [0.25, 0.3) is 0 Å². The summed E-state index contributed by atoms with van der Waals surface area (Å²) in [5.74, 6) is 0.904. The van der Waals surface area contributed by atoms with Gasteiger partial charge in [-0.2, -0.15) is 0 Å². The van der Waals surface area contributed by atoms with Crippen LogP contribution >= 0.6 is 0 Å². The van der Waals surface area contributed by atoms with E-state index < -0.39 is 5.60 Å². The second-order valence-electron chi connectivity index (χ2n) is 4.87. The van der Waals surface area contributed by atoms with Crippen LogP contribution in [0.15, 0.2) is 24.3 Å². The van der Waals surface area contributed by atoms with Gasteiger partial charge in [-0.25, -0.2) is 0 Å². The standard InChI is InChI=1S/C13H17NO3/c1-13(2)8-11(9-14(15)17-13)10-4-6-12(16-3)7-5-10/h4-7,9,11H,8H2,1-3H3/t11-/m1/s1. The zero-order valence-corrected chi connectivity index (χ0v) is 10.3. The van der Waals surface area contributed by atoms with E-state index in [1.54, 1.807) is 13.3 Å². The van der Waals surface area contributed by atoms with Gasteiger partial charge < -0.3 is 9.57 Å². The molecule has 0 saturated heterocycles. The van der Waals surface area contributed by atoms with E-state index in [-0.39, 0.29) is 5.92 Å². The molecule has 0 spiro atoms. The quantitative estimate of drug-likeness (QED) is 0.740. The summed E-state index contributed by atoms with van der Waals surface area (Å²) in [6.07, 6.45) is 2.35. The van der Waals surface area contributed by atoms with Crippen molar-refractivity contribution in [3.05, 3.63) is 35.0 Å². The first kappa shape index (κ1) is 11.8. The highest BCUT2D eigenvalue weighted by Crippen LogP contribution is 2.31. The molecule has 1 aliphatic rings. The lowest BCUT2D eigenvalue weighted by Crippen LogP contribution is -2.36. The van der Waals surface area contributed by atoms with Crippen molar-refractivity contribution in [1.82, 2.24) is 0 Å². The Labute approximate surface area is 101 Å². The summed E-state index contributed by atoms with van der Waals surface area (Å²) in [5.41, 5.74) is 0.671. The summed E-state index contributed by atoms with van der Waals surface area (Å²) >= 11 is 0. The van der Waals surface area contributed by atoms with Crippen LogP contribution < -0.4 is 4.74 Å². The van der Waals surface area contributed by atoms with E-state index in [0.717, 1.165) is 17.7 Å². The normalized spacial score (nSPS) is 22.5. The molecule has 4 nitrogen and oxygen atoms in total. The largest absolute Gasteiger partial charge is 0.497 e. The van der Waals surface area contributed by atoms with Gasteiger partial charge in [-0.05, 0) is 38.0 Å². The zero-order valence-electron chi connectivity index (χ0n) is 10.3. The fraction of sp³-hybridized carbons (Fsp3) is 0.462. The van der Waals surface area contributed by atoms with Crippen LogP contribution in [0.4, 0.5) is 0 Å². The van der Waals surface area contributed by atoms with Crippen molar-refractivity contribution in [2.24, 2.45) is 0 Å². The van der Waals surface area contributed by atoms with Crippen molar-refractivity contribution in [3.8, 4) is 5.75 Å². The fourth-order valence-corrected chi connectivity index (χ4v) is 2.10. The molecule has 1 aliphatic heterocycles. The summed E-state index contributed by atoms with van der Waals surface area (Å²) in [6, 6.07) is 7.77. The molecule has 1 atom stereocenters. The molecule has 17 heavy (non-hydrogen) atoms. The predicted molar refractivity (Wildman–Crippen MR) is 65.2 cm³/mol. The molecule has 0 saturated carbocycles. The number of hydrogen-bond acceptors (Lipinski definition) is 3. The molecule has 0 fully saturated rings. The highest BCUT2D eigenvalue weighted by Gasteiger charge is 2.31. The molecule has 0 aliphatic carbocycles. The molecule has 1 aromatic carbocycles. The smallest absolute Gasteiger partial charge is 0.217 e. The van der Waals surface area contributed by atoms with Gasteiger partial charge in [-0.1, -0.05) is 12.1 Å². The Balaban J connectivity index is 2.24. The van der Waals surface area contributed by atoms with Crippen molar-refractivity contribution < 1.29 is 14.5 Å². The molecule has 4 heteroatoms. The van der Waals surface area contributed by atoms with E-state index in [1.807, 2.05) is 38.1 Å². The van der Waals surface area contributed by atoms with Crippen LogP contribution in [0.2, 0.25) is 0 Å². The van der Waals surface area contributed by atoms with Gasteiger partial charge in [0.1, 0.15) is 5.75 Å². The molecular formula is C13H17NO3. The Morgan fingerprint density at radius 3 is 2.53 bits per heavy atom. The predicted octanol–water partition coefficient (Wildman–Crippen LogP) is 2.47. The van der Waals surface area contributed by atoms with E-state index in [9.17, 15) is 5.21 Å². The second kappa shape index (κ2) is 4.28. The first-order valence-electron chi connectivity index (χ1n) is 5.65. The van der Waals surface area contributed by atoms with Gasteiger partial charge in [-0.15, -0.1) is 0 Å². The monoisotopic (exact) mass is 235 g/mol. The number of hydrogen-bond donors (Lipinski definition) is 0. The molecule has 1 heterocycles. The molecule has 2 rings (SSSR count). The minimum Gasteiger partial charge on any atom is -0.497 e. The van der Waals surface area contributed by atoms with Crippen molar-refractivity contribution in [2.45, 2.75) is 31.8 Å². The Morgan fingerprint density at radius 2 is 2.00 bits per heavy atom. The minimum atomic E-state index is -0.429. The second-order valence-corrected chi connectivity index (χ2v) is 4.87. The fourth-order valence-electron chi connectivity index (χ4n) is 2.10. The highest BCUT2D eigenvalue weighted by atomic mass is 16.9. The first-order valence-corrected chi connectivity index (χ1v) is 5.65. The van der Waals surface area contributed by atoms with Gasteiger partial charge in [0, 0.05) is 4.90 Å². The molecule has 0 aromatic heterocycles. The maximum Gasteiger partial charge on any atom is 0.217 e. The molecule has 0 amide bonds. The van der Waals surface area contributed by atoms with Crippen LogP contribution in [0, 0.1) is 5.21 Å². The van der Waals surface area contributed by atoms with Gasteiger partial charge in [0.15, 0.2) is 0 Å².